The molecule has 1 heterocycles. The molecule has 0 aliphatic carbocycles. The second kappa shape index (κ2) is 3.62. The maximum atomic E-state index is 11.1. The van der Waals surface area contributed by atoms with E-state index >= 15 is 0 Å². The van der Waals surface area contributed by atoms with E-state index in [1.54, 1.807) is 0 Å². The lowest BCUT2D eigenvalue weighted by Gasteiger charge is -1.95. The van der Waals surface area contributed by atoms with Crippen molar-refractivity contribution in [2.75, 3.05) is 11.5 Å². The van der Waals surface area contributed by atoms with Gasteiger partial charge in [-0.15, -0.1) is 5.10 Å². The van der Waals surface area contributed by atoms with E-state index in [0.29, 0.717) is 0 Å². The molecule has 3 N–H and O–H groups in total. The van der Waals surface area contributed by atoms with Crippen LogP contribution in [0.4, 0.5) is 6.01 Å². The number of carbonyl (C=O) groups is 1. The molecule has 0 aliphatic heterocycles. The lowest BCUT2D eigenvalue weighted by Crippen LogP contribution is -2.17. The number of aliphatic carboxylic acids is 1. The molecule has 1 aromatic heterocycles. The summed E-state index contributed by atoms with van der Waals surface area (Å²) in [6.07, 6.45) is 0. The van der Waals surface area contributed by atoms with Crippen LogP contribution in [0.5, 0.6) is 0 Å². The summed E-state index contributed by atoms with van der Waals surface area (Å²) in [5, 5.41) is 14.8. The largest absolute Gasteiger partial charge is 0.480 e. The highest BCUT2D eigenvalue weighted by atomic mass is 32.2. The summed E-state index contributed by atoms with van der Waals surface area (Å²) in [4.78, 5) is 10.1. The molecule has 0 saturated carbocycles. The highest BCUT2D eigenvalue weighted by molar-refractivity contribution is 7.91. The van der Waals surface area contributed by atoms with Gasteiger partial charge in [0.2, 0.25) is 5.89 Å². The van der Waals surface area contributed by atoms with Gasteiger partial charge < -0.3 is 15.3 Å². The molecule has 0 unspecified atom stereocenters. The number of nitrogens with two attached hydrogens (primary N) is 1. The lowest BCUT2D eigenvalue weighted by atomic mass is 10.8. The van der Waals surface area contributed by atoms with Crippen LogP contribution in [-0.4, -0.2) is 35.4 Å². The molecule has 78 valence electrons. The summed E-state index contributed by atoms with van der Waals surface area (Å²) in [5.74, 6) is -3.25. The molecule has 0 saturated heterocycles. The molecule has 1 rings (SSSR count). The minimum atomic E-state index is -3.77. The smallest absolute Gasteiger partial charge is 0.318 e. The lowest BCUT2D eigenvalue weighted by molar-refractivity contribution is -0.134. The Bertz CT molecular complexity index is 436. The van der Waals surface area contributed by atoms with Crippen molar-refractivity contribution in [1.82, 2.24) is 10.2 Å². The zero-order valence-corrected chi connectivity index (χ0v) is 7.69. The van der Waals surface area contributed by atoms with Gasteiger partial charge in [0.15, 0.2) is 9.84 Å². The van der Waals surface area contributed by atoms with E-state index in [1.807, 2.05) is 0 Å². The Kier molecular flexibility index (Phi) is 2.70. The van der Waals surface area contributed by atoms with Gasteiger partial charge in [0.1, 0.15) is 11.5 Å². The molecule has 0 atom stereocenters. The Morgan fingerprint density at radius 3 is 2.57 bits per heavy atom. The SMILES string of the molecule is Nc1nnc(CS(=O)(=O)CC(=O)O)o1. The standard InChI is InChI=1S/C5H7N3O5S/c6-5-8-7-3(13-5)1-14(11,12)2-4(9)10/h1-2H2,(H2,6,8)(H,9,10). The van der Waals surface area contributed by atoms with Gasteiger partial charge in [0.25, 0.3) is 0 Å². The fourth-order valence-corrected chi connectivity index (χ4v) is 1.72. The molecule has 9 heteroatoms. The number of anilines is 1. The average molecular weight is 221 g/mol. The molecule has 0 radical (unpaired) electrons. The fraction of sp³-hybridized carbons (Fsp3) is 0.400. The van der Waals surface area contributed by atoms with Crippen molar-refractivity contribution in [3.63, 3.8) is 0 Å². The van der Waals surface area contributed by atoms with Gasteiger partial charge in [-0.1, -0.05) is 5.10 Å². The number of hydrogen-bond donors (Lipinski definition) is 2. The second-order valence-corrected chi connectivity index (χ2v) is 4.52. The van der Waals surface area contributed by atoms with Gasteiger partial charge in [-0.2, -0.15) is 0 Å². The first-order valence-corrected chi connectivity index (χ1v) is 5.21. The molecule has 0 spiro atoms. The number of nitrogen functional groups attached to an aromatic ring is 1. The van der Waals surface area contributed by atoms with Crippen molar-refractivity contribution >= 4 is 21.8 Å². The van der Waals surface area contributed by atoms with Crippen LogP contribution in [0.1, 0.15) is 5.89 Å². The summed E-state index contributed by atoms with van der Waals surface area (Å²) >= 11 is 0. The Hall–Kier alpha value is -1.64. The van der Waals surface area contributed by atoms with Crippen molar-refractivity contribution in [2.45, 2.75) is 5.75 Å². The van der Waals surface area contributed by atoms with E-state index in [9.17, 15) is 13.2 Å². The monoisotopic (exact) mass is 221 g/mol. The number of hydrogen-bond acceptors (Lipinski definition) is 7. The van der Waals surface area contributed by atoms with Crippen molar-refractivity contribution in [3.8, 4) is 0 Å². The molecular formula is C5H7N3O5S. The summed E-state index contributed by atoms with van der Waals surface area (Å²) in [5.41, 5.74) is 5.05. The number of aromatic nitrogens is 2. The van der Waals surface area contributed by atoms with E-state index in [1.165, 1.54) is 0 Å². The summed E-state index contributed by atoms with van der Waals surface area (Å²) in [7, 11) is -3.77. The third-order valence-corrected chi connectivity index (χ3v) is 2.54. The van der Waals surface area contributed by atoms with Crippen LogP contribution in [0.15, 0.2) is 4.42 Å². The fourth-order valence-electron chi connectivity index (χ4n) is 0.752. The minimum Gasteiger partial charge on any atom is -0.480 e. The Balaban J connectivity index is 2.73. The number of sulfone groups is 1. The van der Waals surface area contributed by atoms with Crippen molar-refractivity contribution in [1.29, 1.82) is 0 Å². The number of nitrogens with zero attached hydrogens (tertiary/aromatic N) is 2. The van der Waals surface area contributed by atoms with Gasteiger partial charge in [-0.3, -0.25) is 4.79 Å². The van der Waals surface area contributed by atoms with Crippen LogP contribution < -0.4 is 5.73 Å². The maximum absolute atomic E-state index is 11.1. The average Bonchev–Trinajstić information content (AvgIpc) is 2.30. The van der Waals surface area contributed by atoms with Crippen LogP contribution >= 0.6 is 0 Å². The van der Waals surface area contributed by atoms with Gasteiger partial charge in [0, 0.05) is 0 Å². The normalized spacial score (nSPS) is 11.4. The quantitative estimate of drug-likeness (QED) is 0.636. The second-order valence-electron chi connectivity index (χ2n) is 2.46. The number of carboxylic acid groups (broad SMARTS) is 1. The highest BCUT2D eigenvalue weighted by Crippen LogP contribution is 2.06. The Morgan fingerprint density at radius 2 is 2.14 bits per heavy atom. The molecule has 0 aromatic carbocycles. The molecule has 0 bridgehead atoms. The minimum absolute atomic E-state index is 0.219. The van der Waals surface area contributed by atoms with E-state index in [0.717, 1.165) is 0 Å². The van der Waals surface area contributed by atoms with Crippen molar-refractivity contribution in [3.05, 3.63) is 5.89 Å². The maximum Gasteiger partial charge on any atom is 0.318 e. The first kappa shape index (κ1) is 10.4. The first-order chi connectivity index (χ1) is 6.39. The first-order valence-electron chi connectivity index (χ1n) is 3.39. The molecular weight excluding hydrogens is 214 g/mol. The van der Waals surface area contributed by atoms with E-state index in [-0.39, 0.29) is 11.9 Å². The zero-order chi connectivity index (χ0) is 10.8. The van der Waals surface area contributed by atoms with E-state index in [2.05, 4.69) is 14.6 Å². The zero-order valence-electron chi connectivity index (χ0n) is 6.87. The summed E-state index contributed by atoms with van der Waals surface area (Å²) in [6.45, 7) is 0. The predicted octanol–water partition coefficient (Wildman–Crippen LogP) is -1.35. The molecule has 0 fully saturated rings. The molecule has 8 nitrogen and oxygen atoms in total. The van der Waals surface area contributed by atoms with Crippen LogP contribution in [0.3, 0.4) is 0 Å². The van der Waals surface area contributed by atoms with Gasteiger partial charge >= 0.3 is 12.0 Å². The van der Waals surface area contributed by atoms with Crippen LogP contribution in [-0.2, 0) is 20.4 Å². The molecule has 14 heavy (non-hydrogen) atoms. The predicted molar refractivity (Wildman–Crippen MR) is 43.8 cm³/mol. The number of carboxylic acids is 1. The van der Waals surface area contributed by atoms with Gasteiger partial charge in [-0.05, 0) is 0 Å². The third-order valence-electron chi connectivity index (χ3n) is 1.17. The topological polar surface area (TPSA) is 136 Å². The van der Waals surface area contributed by atoms with Crippen LogP contribution in [0, 0.1) is 0 Å². The van der Waals surface area contributed by atoms with Crippen molar-refractivity contribution < 1.29 is 22.7 Å². The molecule has 0 aliphatic rings. The van der Waals surface area contributed by atoms with Crippen LogP contribution in [0.2, 0.25) is 0 Å². The number of rotatable bonds is 4. The van der Waals surface area contributed by atoms with Crippen molar-refractivity contribution in [2.24, 2.45) is 0 Å². The Morgan fingerprint density at radius 1 is 1.50 bits per heavy atom. The van der Waals surface area contributed by atoms with Gasteiger partial charge in [0.05, 0.1) is 0 Å². The highest BCUT2D eigenvalue weighted by Gasteiger charge is 2.19. The summed E-state index contributed by atoms with van der Waals surface area (Å²) in [6, 6.07) is -0.259. The Labute approximate surface area is 78.6 Å². The van der Waals surface area contributed by atoms with E-state index in [4.69, 9.17) is 10.8 Å². The van der Waals surface area contributed by atoms with Gasteiger partial charge in [-0.25, -0.2) is 8.42 Å². The molecule has 1 aromatic rings. The summed E-state index contributed by atoms with van der Waals surface area (Å²) < 4.78 is 26.7. The van der Waals surface area contributed by atoms with E-state index < -0.39 is 27.3 Å². The third kappa shape index (κ3) is 3.01. The molecule has 0 amide bonds. The van der Waals surface area contributed by atoms with Crippen LogP contribution in [0.25, 0.3) is 0 Å².